The smallest absolute Gasteiger partial charge is 0.0284 e. The zero-order chi connectivity index (χ0) is 16.3. The van der Waals surface area contributed by atoms with Crippen LogP contribution >= 0.6 is 0 Å². The molecule has 2 rings (SSSR count). The molecule has 1 heteroatoms. The Hall–Kier alpha value is -1.08. The highest BCUT2D eigenvalue weighted by Crippen LogP contribution is 2.26. The molecule has 0 bridgehead atoms. The van der Waals surface area contributed by atoms with Gasteiger partial charge in [0.2, 0.25) is 0 Å². The lowest BCUT2D eigenvalue weighted by molar-refractivity contribution is 0.111. The largest absolute Gasteiger partial charge is 0.290 e. The minimum atomic E-state index is 0.634. The summed E-state index contributed by atoms with van der Waals surface area (Å²) in [5.41, 5.74) is 1.44. The molecule has 1 saturated heterocycles. The first-order valence-corrected chi connectivity index (χ1v) is 9.77. The molecule has 0 aromatic heterocycles. The van der Waals surface area contributed by atoms with E-state index in [1.54, 1.807) is 0 Å². The van der Waals surface area contributed by atoms with Crippen molar-refractivity contribution in [3.8, 4) is 0 Å². The van der Waals surface area contributed by atoms with Crippen molar-refractivity contribution in [3.63, 3.8) is 0 Å². The molecule has 1 aliphatic heterocycles. The summed E-state index contributed by atoms with van der Waals surface area (Å²) in [7, 11) is 0. The molecule has 0 radical (unpaired) electrons. The number of rotatable bonds is 9. The van der Waals surface area contributed by atoms with Gasteiger partial charge in [0.25, 0.3) is 0 Å². The number of hydrogen-bond acceptors (Lipinski definition) is 1. The Morgan fingerprint density at radius 3 is 2.61 bits per heavy atom. The highest BCUT2D eigenvalue weighted by atomic mass is 15.2. The summed E-state index contributed by atoms with van der Waals surface area (Å²) >= 11 is 0. The van der Waals surface area contributed by atoms with Crippen LogP contribution in [0.3, 0.4) is 0 Å². The van der Waals surface area contributed by atoms with Gasteiger partial charge in [-0.2, -0.15) is 0 Å². The highest BCUT2D eigenvalue weighted by molar-refractivity contribution is 5.15. The molecule has 128 valence electrons. The third-order valence-electron chi connectivity index (χ3n) is 5.15. The van der Waals surface area contributed by atoms with Gasteiger partial charge in [0.1, 0.15) is 0 Å². The van der Waals surface area contributed by atoms with Crippen LogP contribution in [0.15, 0.2) is 42.5 Å². The van der Waals surface area contributed by atoms with Crippen LogP contribution in [-0.2, 0) is 6.54 Å². The lowest BCUT2D eigenvalue weighted by atomic mass is 9.95. The van der Waals surface area contributed by atoms with Crippen LogP contribution in [0.25, 0.3) is 0 Å². The Morgan fingerprint density at radius 1 is 1.04 bits per heavy atom. The summed E-state index contributed by atoms with van der Waals surface area (Å²) in [5, 5.41) is 0. The topological polar surface area (TPSA) is 3.24 Å². The van der Waals surface area contributed by atoms with Crippen molar-refractivity contribution in [2.75, 3.05) is 0 Å². The number of piperidine rings is 1. The molecule has 1 aliphatic rings. The second-order valence-electron chi connectivity index (χ2n) is 7.14. The van der Waals surface area contributed by atoms with Crippen molar-refractivity contribution in [1.29, 1.82) is 0 Å². The van der Waals surface area contributed by atoms with Crippen LogP contribution in [0.5, 0.6) is 0 Å². The zero-order valence-electron chi connectivity index (χ0n) is 15.2. The van der Waals surface area contributed by atoms with Gasteiger partial charge in [0, 0.05) is 18.6 Å². The van der Waals surface area contributed by atoms with E-state index in [2.05, 4.69) is 61.2 Å². The van der Waals surface area contributed by atoms with Crippen LogP contribution in [-0.4, -0.2) is 17.0 Å². The van der Waals surface area contributed by atoms with Crippen molar-refractivity contribution in [2.24, 2.45) is 0 Å². The SMILES string of the molecule is CCCCCCC/C=C/[C@@H]1CCC[C@H](C)N1Cc1ccccc1. The molecule has 23 heavy (non-hydrogen) atoms. The van der Waals surface area contributed by atoms with E-state index in [4.69, 9.17) is 0 Å². The fourth-order valence-electron chi connectivity index (χ4n) is 3.67. The fraction of sp³-hybridized carbons (Fsp3) is 0.636. The molecule has 0 saturated carbocycles. The average molecular weight is 314 g/mol. The number of hydrogen-bond donors (Lipinski definition) is 0. The number of benzene rings is 1. The molecule has 1 aromatic rings. The number of nitrogens with zero attached hydrogens (tertiary/aromatic N) is 1. The quantitative estimate of drug-likeness (QED) is 0.379. The fourth-order valence-corrected chi connectivity index (χ4v) is 3.67. The molecule has 1 fully saturated rings. The maximum Gasteiger partial charge on any atom is 0.0284 e. The van der Waals surface area contributed by atoms with Crippen LogP contribution in [0, 0.1) is 0 Å². The van der Waals surface area contributed by atoms with Crippen LogP contribution < -0.4 is 0 Å². The Bertz CT molecular complexity index is 437. The minimum Gasteiger partial charge on any atom is -0.290 e. The van der Waals surface area contributed by atoms with Crippen molar-refractivity contribution < 1.29 is 0 Å². The van der Waals surface area contributed by atoms with Crippen molar-refractivity contribution >= 4 is 0 Å². The van der Waals surface area contributed by atoms with Gasteiger partial charge in [-0.15, -0.1) is 0 Å². The number of unbranched alkanes of at least 4 members (excludes halogenated alkanes) is 5. The Kier molecular flexibility index (Phi) is 8.46. The molecular weight excluding hydrogens is 278 g/mol. The van der Waals surface area contributed by atoms with E-state index in [0.29, 0.717) is 12.1 Å². The standard InChI is InChI=1S/C22H35N/c1-3-4-5-6-7-8-12-17-22-18-13-14-20(2)23(22)19-21-15-10-9-11-16-21/h9-12,15-17,20,22H,3-8,13-14,18-19H2,1-2H3/b17-12+/t20-,22+/m0/s1. The van der Waals surface area contributed by atoms with Crippen LogP contribution in [0.4, 0.5) is 0 Å². The average Bonchev–Trinajstić information content (AvgIpc) is 2.58. The predicted molar refractivity (Wildman–Crippen MR) is 102 cm³/mol. The van der Waals surface area contributed by atoms with E-state index >= 15 is 0 Å². The first-order valence-electron chi connectivity index (χ1n) is 9.77. The summed E-state index contributed by atoms with van der Waals surface area (Å²) in [5.74, 6) is 0. The van der Waals surface area contributed by atoms with Gasteiger partial charge < -0.3 is 0 Å². The van der Waals surface area contributed by atoms with Gasteiger partial charge in [-0.25, -0.2) is 0 Å². The summed E-state index contributed by atoms with van der Waals surface area (Å²) in [6.07, 6.45) is 17.1. The third-order valence-corrected chi connectivity index (χ3v) is 5.15. The van der Waals surface area contributed by atoms with E-state index in [0.717, 1.165) is 6.54 Å². The first-order chi connectivity index (χ1) is 11.3. The molecule has 0 unspecified atom stereocenters. The molecule has 1 heterocycles. The second kappa shape index (κ2) is 10.6. The lowest BCUT2D eigenvalue weighted by Crippen LogP contribution is -2.43. The van der Waals surface area contributed by atoms with E-state index in [-0.39, 0.29) is 0 Å². The highest BCUT2D eigenvalue weighted by Gasteiger charge is 2.25. The van der Waals surface area contributed by atoms with Gasteiger partial charge in [-0.1, -0.05) is 81.5 Å². The van der Waals surface area contributed by atoms with Gasteiger partial charge in [-0.05, 0) is 38.2 Å². The minimum absolute atomic E-state index is 0.634. The van der Waals surface area contributed by atoms with Gasteiger partial charge in [-0.3, -0.25) is 4.90 Å². The molecule has 1 aromatic carbocycles. The monoisotopic (exact) mass is 313 g/mol. The number of allylic oxidation sites excluding steroid dienone is 1. The van der Waals surface area contributed by atoms with Gasteiger partial charge in [0.15, 0.2) is 0 Å². The van der Waals surface area contributed by atoms with Crippen molar-refractivity contribution in [2.45, 2.75) is 90.3 Å². The summed E-state index contributed by atoms with van der Waals surface area (Å²) in [6, 6.07) is 12.3. The van der Waals surface area contributed by atoms with Gasteiger partial charge >= 0.3 is 0 Å². The molecule has 0 spiro atoms. The Morgan fingerprint density at radius 2 is 1.83 bits per heavy atom. The third kappa shape index (κ3) is 6.51. The normalized spacial score (nSPS) is 22.7. The molecular formula is C22H35N. The second-order valence-corrected chi connectivity index (χ2v) is 7.14. The Labute approximate surface area is 143 Å². The zero-order valence-corrected chi connectivity index (χ0v) is 15.2. The first kappa shape index (κ1) is 18.3. The van der Waals surface area contributed by atoms with E-state index in [1.165, 1.54) is 63.4 Å². The molecule has 0 amide bonds. The van der Waals surface area contributed by atoms with E-state index < -0.39 is 0 Å². The van der Waals surface area contributed by atoms with Crippen LogP contribution in [0.1, 0.15) is 77.2 Å². The lowest BCUT2D eigenvalue weighted by Gasteiger charge is -2.39. The maximum absolute atomic E-state index is 2.70. The van der Waals surface area contributed by atoms with E-state index in [1.807, 2.05) is 0 Å². The number of likely N-dealkylation sites (tertiary alicyclic amines) is 1. The van der Waals surface area contributed by atoms with Crippen molar-refractivity contribution in [1.82, 2.24) is 4.90 Å². The van der Waals surface area contributed by atoms with Gasteiger partial charge in [0.05, 0.1) is 0 Å². The Balaban J connectivity index is 1.82. The molecule has 1 nitrogen and oxygen atoms in total. The molecule has 2 atom stereocenters. The molecule has 0 aliphatic carbocycles. The van der Waals surface area contributed by atoms with Crippen LogP contribution in [0.2, 0.25) is 0 Å². The van der Waals surface area contributed by atoms with E-state index in [9.17, 15) is 0 Å². The molecule has 0 N–H and O–H groups in total. The van der Waals surface area contributed by atoms with Crippen molar-refractivity contribution in [3.05, 3.63) is 48.0 Å². The predicted octanol–water partition coefficient (Wildman–Crippen LogP) is 6.35. The summed E-state index contributed by atoms with van der Waals surface area (Å²) in [6.45, 7) is 5.77. The summed E-state index contributed by atoms with van der Waals surface area (Å²) < 4.78 is 0. The maximum atomic E-state index is 2.70. The summed E-state index contributed by atoms with van der Waals surface area (Å²) in [4.78, 5) is 2.70.